The van der Waals surface area contributed by atoms with Crippen LogP contribution in [-0.4, -0.2) is 25.6 Å². The minimum atomic E-state index is -3.50. The van der Waals surface area contributed by atoms with Crippen LogP contribution >= 0.6 is 0 Å². The smallest absolute Gasteiger partial charge is 0.267 e. The second kappa shape index (κ2) is 7.12. The van der Waals surface area contributed by atoms with Crippen molar-refractivity contribution in [1.82, 2.24) is 3.97 Å². The standard InChI is InChI=1S/C20H29NO3S/c1-20(2,3)19-7-6-18(25(22,23)21-10-4-5-11-21)15-17(19)14-16-8-12-24-13-9-16/h4-7,10-11,15-17,19H,8-9,12-14H2,1-3H3. The Morgan fingerprint density at radius 1 is 1.16 bits per heavy atom. The molecule has 1 saturated heterocycles. The Morgan fingerprint density at radius 3 is 2.40 bits per heavy atom. The molecule has 0 N–H and O–H groups in total. The summed E-state index contributed by atoms with van der Waals surface area (Å²) < 4.78 is 32.5. The minimum Gasteiger partial charge on any atom is -0.381 e. The van der Waals surface area contributed by atoms with Crippen LogP contribution in [0.3, 0.4) is 0 Å². The summed E-state index contributed by atoms with van der Waals surface area (Å²) in [5.41, 5.74) is 0.103. The van der Waals surface area contributed by atoms with Gasteiger partial charge < -0.3 is 4.74 Å². The first-order chi connectivity index (χ1) is 11.8. The Bertz CT molecular complexity index is 732. The molecule has 0 amide bonds. The van der Waals surface area contributed by atoms with Gasteiger partial charge in [0.25, 0.3) is 10.0 Å². The topological polar surface area (TPSA) is 48.3 Å². The van der Waals surface area contributed by atoms with Crippen molar-refractivity contribution >= 4 is 10.0 Å². The van der Waals surface area contributed by atoms with Gasteiger partial charge in [-0.15, -0.1) is 0 Å². The van der Waals surface area contributed by atoms with Crippen LogP contribution in [0.2, 0.25) is 0 Å². The zero-order chi connectivity index (χ0) is 18.1. The van der Waals surface area contributed by atoms with E-state index in [0.29, 0.717) is 16.7 Å². The van der Waals surface area contributed by atoms with Crippen molar-refractivity contribution in [1.29, 1.82) is 0 Å². The third-order valence-corrected chi connectivity index (χ3v) is 7.07. The van der Waals surface area contributed by atoms with Crippen LogP contribution < -0.4 is 0 Å². The zero-order valence-electron chi connectivity index (χ0n) is 15.4. The Kier molecular flexibility index (Phi) is 5.26. The molecule has 3 rings (SSSR count). The number of hydrogen-bond acceptors (Lipinski definition) is 3. The quantitative estimate of drug-likeness (QED) is 0.805. The van der Waals surface area contributed by atoms with Gasteiger partial charge in [0.15, 0.2) is 0 Å². The maximum Gasteiger partial charge on any atom is 0.267 e. The Hall–Kier alpha value is -1.33. The third-order valence-electron chi connectivity index (χ3n) is 5.41. The van der Waals surface area contributed by atoms with Crippen LogP contribution in [0, 0.1) is 23.2 Å². The van der Waals surface area contributed by atoms with Gasteiger partial charge in [0.2, 0.25) is 0 Å². The number of nitrogens with zero attached hydrogens (tertiary/aromatic N) is 1. The van der Waals surface area contributed by atoms with Crippen LogP contribution in [0.1, 0.15) is 40.0 Å². The lowest BCUT2D eigenvalue weighted by molar-refractivity contribution is 0.0553. The lowest BCUT2D eigenvalue weighted by atomic mass is 9.68. The van der Waals surface area contributed by atoms with E-state index in [1.54, 1.807) is 30.6 Å². The van der Waals surface area contributed by atoms with E-state index in [1.807, 2.05) is 6.08 Å². The Labute approximate surface area is 151 Å². The largest absolute Gasteiger partial charge is 0.381 e. The highest BCUT2D eigenvalue weighted by molar-refractivity contribution is 7.94. The normalized spacial score (nSPS) is 25.8. The summed E-state index contributed by atoms with van der Waals surface area (Å²) in [7, 11) is -3.50. The van der Waals surface area contributed by atoms with Crippen molar-refractivity contribution in [2.75, 3.05) is 13.2 Å². The van der Waals surface area contributed by atoms with E-state index in [0.717, 1.165) is 32.5 Å². The lowest BCUT2D eigenvalue weighted by Crippen LogP contribution is -2.31. The second-order valence-electron chi connectivity index (χ2n) is 8.29. The van der Waals surface area contributed by atoms with Crippen LogP contribution in [-0.2, 0) is 14.8 Å². The van der Waals surface area contributed by atoms with Gasteiger partial charge in [0, 0.05) is 25.6 Å². The molecule has 25 heavy (non-hydrogen) atoms. The molecule has 1 aromatic heterocycles. The Morgan fingerprint density at radius 2 is 1.80 bits per heavy atom. The van der Waals surface area contributed by atoms with Crippen molar-refractivity contribution in [2.24, 2.45) is 23.2 Å². The summed E-state index contributed by atoms with van der Waals surface area (Å²) in [5.74, 6) is 1.20. The van der Waals surface area contributed by atoms with Crippen LogP contribution in [0.4, 0.5) is 0 Å². The zero-order valence-corrected chi connectivity index (χ0v) is 16.2. The molecule has 0 radical (unpaired) electrons. The molecule has 0 bridgehead atoms. The van der Waals surface area contributed by atoms with E-state index in [-0.39, 0.29) is 11.3 Å². The first kappa shape index (κ1) is 18.5. The number of allylic oxidation sites excluding steroid dienone is 3. The summed E-state index contributed by atoms with van der Waals surface area (Å²) >= 11 is 0. The Balaban J connectivity index is 1.89. The third kappa shape index (κ3) is 4.09. The van der Waals surface area contributed by atoms with E-state index in [9.17, 15) is 8.42 Å². The predicted molar refractivity (Wildman–Crippen MR) is 101 cm³/mol. The summed E-state index contributed by atoms with van der Waals surface area (Å²) in [4.78, 5) is 0.418. The molecule has 1 aliphatic heterocycles. The van der Waals surface area contributed by atoms with Crippen LogP contribution in [0.15, 0.2) is 47.7 Å². The fourth-order valence-electron chi connectivity index (χ4n) is 4.00. The highest BCUT2D eigenvalue weighted by Crippen LogP contribution is 2.42. The van der Waals surface area contributed by atoms with Crippen molar-refractivity contribution in [3.05, 3.63) is 47.7 Å². The van der Waals surface area contributed by atoms with Crippen molar-refractivity contribution < 1.29 is 13.2 Å². The molecule has 2 heterocycles. The van der Waals surface area contributed by atoms with E-state index in [2.05, 4.69) is 26.8 Å². The van der Waals surface area contributed by atoms with Crippen molar-refractivity contribution in [2.45, 2.75) is 40.0 Å². The number of aromatic nitrogens is 1. The van der Waals surface area contributed by atoms with Gasteiger partial charge in [-0.05, 0) is 60.6 Å². The van der Waals surface area contributed by atoms with E-state index in [1.165, 1.54) is 3.97 Å². The van der Waals surface area contributed by atoms with Crippen LogP contribution in [0.5, 0.6) is 0 Å². The number of ether oxygens (including phenoxy) is 1. The van der Waals surface area contributed by atoms with Gasteiger partial charge in [-0.3, -0.25) is 0 Å². The molecule has 5 heteroatoms. The van der Waals surface area contributed by atoms with Gasteiger partial charge in [0.1, 0.15) is 0 Å². The second-order valence-corrected chi connectivity index (χ2v) is 10.1. The molecule has 0 spiro atoms. The fraction of sp³-hybridized carbons (Fsp3) is 0.600. The summed E-state index contributed by atoms with van der Waals surface area (Å²) in [6, 6.07) is 3.48. The lowest BCUT2D eigenvalue weighted by Gasteiger charge is -2.38. The highest BCUT2D eigenvalue weighted by Gasteiger charge is 2.35. The molecule has 4 nitrogen and oxygen atoms in total. The molecule has 1 aliphatic carbocycles. The molecule has 2 aliphatic rings. The maximum atomic E-state index is 12.9. The molecule has 2 unspecified atom stereocenters. The molecule has 138 valence electrons. The molecule has 1 aromatic rings. The molecular formula is C20H29NO3S. The predicted octanol–water partition coefficient (Wildman–Crippen LogP) is 4.21. The molecular weight excluding hydrogens is 334 g/mol. The fourth-order valence-corrected chi connectivity index (χ4v) is 5.30. The summed E-state index contributed by atoms with van der Waals surface area (Å²) in [5, 5.41) is 0. The highest BCUT2D eigenvalue weighted by atomic mass is 32.2. The van der Waals surface area contributed by atoms with Gasteiger partial charge in [0.05, 0.1) is 4.91 Å². The van der Waals surface area contributed by atoms with E-state index in [4.69, 9.17) is 4.74 Å². The van der Waals surface area contributed by atoms with Crippen molar-refractivity contribution in [3.63, 3.8) is 0 Å². The van der Waals surface area contributed by atoms with Crippen LogP contribution in [0.25, 0.3) is 0 Å². The first-order valence-electron chi connectivity index (χ1n) is 9.15. The van der Waals surface area contributed by atoms with E-state index < -0.39 is 10.0 Å². The molecule has 1 fully saturated rings. The maximum absolute atomic E-state index is 12.9. The first-order valence-corrected chi connectivity index (χ1v) is 10.6. The minimum absolute atomic E-state index is 0.103. The van der Waals surface area contributed by atoms with Gasteiger partial charge in [-0.2, -0.15) is 0 Å². The number of hydrogen-bond donors (Lipinski definition) is 0. The number of rotatable bonds is 4. The van der Waals surface area contributed by atoms with Gasteiger partial charge in [-0.1, -0.05) is 32.9 Å². The summed E-state index contributed by atoms with van der Waals surface area (Å²) in [6.07, 6.45) is 12.3. The van der Waals surface area contributed by atoms with Crippen molar-refractivity contribution in [3.8, 4) is 0 Å². The van der Waals surface area contributed by atoms with E-state index >= 15 is 0 Å². The average Bonchev–Trinajstić information content (AvgIpc) is 3.10. The SMILES string of the molecule is CC(C)(C)C1C=CC(S(=O)(=O)n2cccc2)=CC1CC1CCOCC1. The monoisotopic (exact) mass is 363 g/mol. The summed E-state index contributed by atoms with van der Waals surface area (Å²) in [6.45, 7) is 8.35. The van der Waals surface area contributed by atoms with Gasteiger partial charge in [-0.25, -0.2) is 12.4 Å². The van der Waals surface area contributed by atoms with Gasteiger partial charge >= 0.3 is 0 Å². The molecule has 2 atom stereocenters. The molecule has 0 saturated carbocycles. The molecule has 0 aromatic carbocycles. The average molecular weight is 364 g/mol.